The maximum Gasteiger partial charge on any atom is 0.0378 e. The van der Waals surface area contributed by atoms with E-state index in [0.29, 0.717) is 0 Å². The summed E-state index contributed by atoms with van der Waals surface area (Å²) in [5, 5.41) is 0. The average Bonchev–Trinajstić information content (AvgIpc) is 2.49. The van der Waals surface area contributed by atoms with E-state index in [4.69, 9.17) is 0 Å². The summed E-state index contributed by atoms with van der Waals surface area (Å²) in [4.78, 5) is 6.80. The van der Waals surface area contributed by atoms with Crippen LogP contribution in [0.15, 0.2) is 36.5 Å². The highest BCUT2D eigenvalue weighted by atomic mass is 15.1. The Labute approximate surface area is 121 Å². The number of hydrogen-bond acceptors (Lipinski definition) is 2. The Kier molecular flexibility index (Phi) is 4.12. The molecule has 2 nitrogen and oxygen atoms in total. The number of likely N-dealkylation sites (tertiary alicyclic amines) is 1. The minimum atomic E-state index is 1.03. The second-order valence-electron chi connectivity index (χ2n) is 5.63. The molecule has 3 rings (SSSR count). The largest absolute Gasteiger partial charge is 0.299 e. The van der Waals surface area contributed by atoms with Crippen LogP contribution in [-0.2, 0) is 6.54 Å². The zero-order chi connectivity index (χ0) is 13.8. The number of piperidine rings is 1. The molecule has 0 N–H and O–H groups in total. The predicted molar refractivity (Wildman–Crippen MR) is 82.4 cm³/mol. The van der Waals surface area contributed by atoms with Crippen LogP contribution >= 0.6 is 0 Å². The highest BCUT2D eigenvalue weighted by Crippen LogP contribution is 2.21. The first kappa shape index (κ1) is 13.3. The van der Waals surface area contributed by atoms with E-state index < -0.39 is 0 Å². The molecule has 0 atom stereocenters. The third-order valence-electron chi connectivity index (χ3n) is 3.93. The van der Waals surface area contributed by atoms with Gasteiger partial charge in [-0.15, -0.1) is 0 Å². The normalized spacial score (nSPS) is 16.2. The summed E-state index contributed by atoms with van der Waals surface area (Å²) in [5.41, 5.74) is 4.86. The predicted octanol–water partition coefficient (Wildman–Crippen LogP) is 3.84. The number of aryl methyl sites for hydroxylation is 1. The van der Waals surface area contributed by atoms with Crippen LogP contribution < -0.4 is 0 Å². The smallest absolute Gasteiger partial charge is 0.0378 e. The molecule has 2 heterocycles. The Morgan fingerprint density at radius 2 is 1.90 bits per heavy atom. The molecular formula is C18H21N2. The van der Waals surface area contributed by atoms with Gasteiger partial charge in [-0.2, -0.15) is 0 Å². The average molecular weight is 265 g/mol. The molecule has 0 saturated carbocycles. The Morgan fingerprint density at radius 3 is 2.70 bits per heavy atom. The van der Waals surface area contributed by atoms with Crippen LogP contribution in [0.4, 0.5) is 0 Å². The molecule has 0 amide bonds. The lowest BCUT2D eigenvalue weighted by atomic mass is 10.0. The van der Waals surface area contributed by atoms with Crippen molar-refractivity contribution in [3.63, 3.8) is 0 Å². The highest BCUT2D eigenvalue weighted by molar-refractivity contribution is 5.64. The second kappa shape index (κ2) is 6.19. The molecule has 1 aliphatic heterocycles. The highest BCUT2D eigenvalue weighted by Gasteiger charge is 2.10. The fourth-order valence-corrected chi connectivity index (χ4v) is 2.87. The van der Waals surface area contributed by atoms with Crippen molar-refractivity contribution in [3.05, 3.63) is 53.9 Å². The SMILES string of the molecule is Cc1cc(-c2cc[c]c(CN3CCCCC3)c2)ccn1. The zero-order valence-electron chi connectivity index (χ0n) is 12.1. The van der Waals surface area contributed by atoms with E-state index >= 15 is 0 Å². The Hall–Kier alpha value is -1.67. The standard InChI is InChI=1S/C18H21N2/c1-15-12-18(8-9-19-15)17-7-5-6-16(13-17)14-20-10-3-2-4-11-20/h5,7-9,12-13H,2-4,10-11,14H2,1H3. The van der Waals surface area contributed by atoms with E-state index in [2.05, 4.69) is 40.2 Å². The van der Waals surface area contributed by atoms with Crippen molar-refractivity contribution in [2.24, 2.45) is 0 Å². The molecule has 0 spiro atoms. The fraction of sp³-hybridized carbons (Fsp3) is 0.389. The minimum Gasteiger partial charge on any atom is -0.299 e. The van der Waals surface area contributed by atoms with Gasteiger partial charge in [0.1, 0.15) is 0 Å². The summed E-state index contributed by atoms with van der Waals surface area (Å²) in [6.45, 7) is 5.52. The Balaban J connectivity index is 1.78. The number of rotatable bonds is 3. The van der Waals surface area contributed by atoms with E-state index in [1.165, 1.54) is 49.0 Å². The number of aromatic nitrogens is 1. The van der Waals surface area contributed by atoms with Gasteiger partial charge in [0.05, 0.1) is 0 Å². The number of nitrogens with zero attached hydrogens (tertiary/aromatic N) is 2. The van der Waals surface area contributed by atoms with Gasteiger partial charge < -0.3 is 0 Å². The molecule has 1 aliphatic rings. The molecule has 1 saturated heterocycles. The van der Waals surface area contributed by atoms with E-state index in [1.54, 1.807) is 0 Å². The second-order valence-corrected chi connectivity index (χ2v) is 5.63. The molecule has 1 fully saturated rings. The van der Waals surface area contributed by atoms with Gasteiger partial charge in [-0.3, -0.25) is 9.88 Å². The van der Waals surface area contributed by atoms with Gasteiger partial charge in [0.2, 0.25) is 0 Å². The monoisotopic (exact) mass is 265 g/mol. The van der Waals surface area contributed by atoms with Gasteiger partial charge in [-0.05, 0) is 73.8 Å². The van der Waals surface area contributed by atoms with Crippen LogP contribution in [0, 0.1) is 13.0 Å². The summed E-state index contributed by atoms with van der Waals surface area (Å²) in [5.74, 6) is 0. The van der Waals surface area contributed by atoms with Crippen molar-refractivity contribution < 1.29 is 0 Å². The van der Waals surface area contributed by atoms with E-state index in [0.717, 1.165) is 12.2 Å². The molecule has 2 aromatic rings. The van der Waals surface area contributed by atoms with Gasteiger partial charge in [0, 0.05) is 18.4 Å². The summed E-state index contributed by atoms with van der Waals surface area (Å²) < 4.78 is 0. The number of pyridine rings is 1. The van der Waals surface area contributed by atoms with Crippen LogP contribution in [0.5, 0.6) is 0 Å². The van der Waals surface area contributed by atoms with Crippen LogP contribution in [-0.4, -0.2) is 23.0 Å². The molecule has 1 aromatic heterocycles. The molecule has 0 bridgehead atoms. The van der Waals surface area contributed by atoms with Crippen molar-refractivity contribution in [3.8, 4) is 11.1 Å². The minimum absolute atomic E-state index is 1.03. The van der Waals surface area contributed by atoms with Gasteiger partial charge in [-0.1, -0.05) is 18.6 Å². The van der Waals surface area contributed by atoms with Crippen LogP contribution in [0.3, 0.4) is 0 Å². The van der Waals surface area contributed by atoms with Gasteiger partial charge >= 0.3 is 0 Å². The molecule has 2 heteroatoms. The maximum atomic E-state index is 4.27. The van der Waals surface area contributed by atoms with E-state index in [-0.39, 0.29) is 0 Å². The third kappa shape index (κ3) is 3.26. The molecule has 0 unspecified atom stereocenters. The maximum absolute atomic E-state index is 4.27. The Morgan fingerprint density at radius 1 is 1.10 bits per heavy atom. The van der Waals surface area contributed by atoms with Crippen molar-refractivity contribution in [1.82, 2.24) is 9.88 Å². The molecule has 1 radical (unpaired) electrons. The van der Waals surface area contributed by atoms with Gasteiger partial charge in [-0.25, -0.2) is 0 Å². The molecule has 103 valence electrons. The first-order chi connectivity index (χ1) is 9.81. The lowest BCUT2D eigenvalue weighted by Crippen LogP contribution is -2.29. The molecule has 1 aromatic carbocycles. The fourth-order valence-electron chi connectivity index (χ4n) is 2.87. The van der Waals surface area contributed by atoms with E-state index in [1.807, 2.05) is 19.2 Å². The number of hydrogen-bond donors (Lipinski definition) is 0. The van der Waals surface area contributed by atoms with Crippen LogP contribution in [0.25, 0.3) is 11.1 Å². The first-order valence-corrected chi connectivity index (χ1v) is 7.47. The Bertz CT molecular complexity index is 571. The molecule has 0 aliphatic carbocycles. The summed E-state index contributed by atoms with van der Waals surface area (Å²) in [6.07, 6.45) is 5.94. The lowest BCUT2D eigenvalue weighted by molar-refractivity contribution is 0.221. The summed E-state index contributed by atoms with van der Waals surface area (Å²) >= 11 is 0. The van der Waals surface area contributed by atoms with Crippen LogP contribution in [0.1, 0.15) is 30.5 Å². The van der Waals surface area contributed by atoms with Crippen molar-refractivity contribution in [1.29, 1.82) is 0 Å². The summed E-state index contributed by atoms with van der Waals surface area (Å²) in [6, 6.07) is 14.0. The van der Waals surface area contributed by atoms with Crippen LogP contribution in [0.2, 0.25) is 0 Å². The molecule has 20 heavy (non-hydrogen) atoms. The lowest BCUT2D eigenvalue weighted by Gasteiger charge is -2.26. The molecular weight excluding hydrogens is 244 g/mol. The first-order valence-electron chi connectivity index (χ1n) is 7.47. The van der Waals surface area contributed by atoms with Crippen molar-refractivity contribution >= 4 is 0 Å². The third-order valence-corrected chi connectivity index (χ3v) is 3.93. The zero-order valence-corrected chi connectivity index (χ0v) is 12.1. The number of benzene rings is 1. The van der Waals surface area contributed by atoms with Crippen molar-refractivity contribution in [2.75, 3.05) is 13.1 Å². The summed E-state index contributed by atoms with van der Waals surface area (Å²) in [7, 11) is 0. The van der Waals surface area contributed by atoms with Crippen molar-refractivity contribution in [2.45, 2.75) is 32.7 Å². The van der Waals surface area contributed by atoms with Gasteiger partial charge in [0.25, 0.3) is 0 Å². The quantitative estimate of drug-likeness (QED) is 0.838. The van der Waals surface area contributed by atoms with Gasteiger partial charge in [0.15, 0.2) is 0 Å². The topological polar surface area (TPSA) is 16.1 Å². The van der Waals surface area contributed by atoms with E-state index in [9.17, 15) is 0 Å².